The molecule has 0 aromatic rings. The SMILES string of the molecule is CCCCCCCCP(CC)C1CCCCC1. The molecule has 0 aliphatic heterocycles. The van der Waals surface area contributed by atoms with Gasteiger partial charge in [-0.15, -0.1) is 7.92 Å². The van der Waals surface area contributed by atoms with Gasteiger partial charge in [0.1, 0.15) is 0 Å². The van der Waals surface area contributed by atoms with Gasteiger partial charge in [0.15, 0.2) is 0 Å². The minimum atomic E-state index is 0.399. The van der Waals surface area contributed by atoms with Crippen LogP contribution in [0.4, 0.5) is 0 Å². The number of rotatable bonds is 9. The van der Waals surface area contributed by atoms with E-state index in [1.807, 2.05) is 0 Å². The van der Waals surface area contributed by atoms with E-state index in [-0.39, 0.29) is 0 Å². The molecule has 1 saturated carbocycles. The van der Waals surface area contributed by atoms with Gasteiger partial charge in [0, 0.05) is 0 Å². The third-order valence-electron chi connectivity index (χ3n) is 4.30. The van der Waals surface area contributed by atoms with Crippen molar-refractivity contribution in [3.8, 4) is 0 Å². The molecule has 0 heterocycles. The average Bonchev–Trinajstić information content (AvgIpc) is 2.39. The molecule has 0 bridgehead atoms. The third kappa shape index (κ3) is 6.80. The largest absolute Gasteiger partial charge is 0.104 e. The molecule has 1 atom stereocenters. The van der Waals surface area contributed by atoms with Crippen molar-refractivity contribution < 1.29 is 0 Å². The molecule has 0 radical (unpaired) electrons. The summed E-state index contributed by atoms with van der Waals surface area (Å²) < 4.78 is 0. The zero-order chi connectivity index (χ0) is 12.3. The topological polar surface area (TPSA) is 0 Å². The summed E-state index contributed by atoms with van der Waals surface area (Å²) in [5, 5.41) is 0. The monoisotopic (exact) mass is 256 g/mol. The van der Waals surface area contributed by atoms with Crippen molar-refractivity contribution in [3.05, 3.63) is 0 Å². The molecule has 0 N–H and O–H groups in total. The van der Waals surface area contributed by atoms with E-state index in [9.17, 15) is 0 Å². The molecule has 1 unspecified atom stereocenters. The van der Waals surface area contributed by atoms with Crippen molar-refractivity contribution >= 4 is 7.92 Å². The smallest absolute Gasteiger partial charge is 0.0209 e. The highest BCUT2D eigenvalue weighted by Crippen LogP contribution is 2.48. The molecular weight excluding hydrogens is 223 g/mol. The molecule has 0 aromatic heterocycles. The summed E-state index contributed by atoms with van der Waals surface area (Å²) in [5.74, 6) is 0. The second-order valence-corrected chi connectivity index (χ2v) is 8.68. The molecule has 0 aromatic carbocycles. The van der Waals surface area contributed by atoms with Gasteiger partial charge in [-0.25, -0.2) is 0 Å². The lowest BCUT2D eigenvalue weighted by Gasteiger charge is -2.30. The van der Waals surface area contributed by atoms with Crippen LogP contribution in [-0.2, 0) is 0 Å². The first-order valence-corrected chi connectivity index (χ1v) is 9.90. The molecule has 1 aliphatic carbocycles. The molecule has 17 heavy (non-hydrogen) atoms. The molecule has 0 nitrogen and oxygen atoms in total. The minimum Gasteiger partial charge on any atom is -0.104 e. The summed E-state index contributed by atoms with van der Waals surface area (Å²) in [7, 11) is 0.399. The van der Waals surface area contributed by atoms with Crippen LogP contribution in [0.15, 0.2) is 0 Å². The molecule has 0 amide bonds. The van der Waals surface area contributed by atoms with Gasteiger partial charge in [0.05, 0.1) is 0 Å². The lowest BCUT2D eigenvalue weighted by Crippen LogP contribution is -2.13. The molecule has 0 spiro atoms. The van der Waals surface area contributed by atoms with Crippen molar-refractivity contribution in [2.24, 2.45) is 0 Å². The Labute approximate surface area is 111 Å². The van der Waals surface area contributed by atoms with Crippen LogP contribution in [0.3, 0.4) is 0 Å². The first-order valence-electron chi connectivity index (χ1n) is 8.12. The van der Waals surface area contributed by atoms with Gasteiger partial charge >= 0.3 is 0 Å². The maximum Gasteiger partial charge on any atom is -0.0209 e. The Morgan fingerprint density at radius 3 is 2.12 bits per heavy atom. The third-order valence-corrected chi connectivity index (χ3v) is 7.55. The number of hydrogen-bond donors (Lipinski definition) is 0. The van der Waals surface area contributed by atoms with Gasteiger partial charge in [-0.3, -0.25) is 0 Å². The quantitative estimate of drug-likeness (QED) is 0.341. The van der Waals surface area contributed by atoms with Crippen LogP contribution < -0.4 is 0 Å². The molecule has 1 aliphatic rings. The van der Waals surface area contributed by atoms with E-state index in [4.69, 9.17) is 0 Å². The molecule has 102 valence electrons. The summed E-state index contributed by atoms with van der Waals surface area (Å²) in [6.07, 6.45) is 19.6. The van der Waals surface area contributed by atoms with Crippen molar-refractivity contribution in [1.29, 1.82) is 0 Å². The number of unbranched alkanes of at least 4 members (excludes halogenated alkanes) is 5. The highest BCUT2D eigenvalue weighted by Gasteiger charge is 2.20. The normalized spacial score (nSPS) is 19.4. The summed E-state index contributed by atoms with van der Waals surface area (Å²) in [6, 6.07) is 0. The maximum absolute atomic E-state index is 2.44. The summed E-state index contributed by atoms with van der Waals surface area (Å²) in [6.45, 7) is 4.75. The lowest BCUT2D eigenvalue weighted by molar-refractivity contribution is 0.509. The fraction of sp³-hybridized carbons (Fsp3) is 1.00. The van der Waals surface area contributed by atoms with Crippen LogP contribution >= 0.6 is 7.92 Å². The van der Waals surface area contributed by atoms with Crippen LogP contribution in [0.1, 0.15) is 84.5 Å². The highest BCUT2D eigenvalue weighted by molar-refractivity contribution is 7.58. The Kier molecular flexibility index (Phi) is 9.44. The van der Waals surface area contributed by atoms with E-state index in [1.54, 1.807) is 19.0 Å². The molecule has 1 rings (SSSR count). The second kappa shape index (κ2) is 10.4. The lowest BCUT2D eigenvalue weighted by atomic mass is 10.0. The van der Waals surface area contributed by atoms with E-state index in [2.05, 4.69) is 13.8 Å². The van der Waals surface area contributed by atoms with Gasteiger partial charge in [-0.05, 0) is 37.2 Å². The van der Waals surface area contributed by atoms with Crippen LogP contribution in [0.25, 0.3) is 0 Å². The second-order valence-electron chi connectivity index (χ2n) is 5.69. The Hall–Kier alpha value is 0.430. The highest BCUT2D eigenvalue weighted by atomic mass is 31.1. The van der Waals surface area contributed by atoms with Crippen LogP contribution in [-0.4, -0.2) is 18.0 Å². The fourth-order valence-electron chi connectivity index (χ4n) is 3.14. The van der Waals surface area contributed by atoms with Crippen molar-refractivity contribution in [2.45, 2.75) is 90.1 Å². The Morgan fingerprint density at radius 1 is 0.824 bits per heavy atom. The minimum absolute atomic E-state index is 0.399. The van der Waals surface area contributed by atoms with Crippen molar-refractivity contribution in [2.75, 3.05) is 12.3 Å². The van der Waals surface area contributed by atoms with Crippen LogP contribution in [0.2, 0.25) is 0 Å². The van der Waals surface area contributed by atoms with E-state index in [0.29, 0.717) is 7.92 Å². The van der Waals surface area contributed by atoms with Gasteiger partial charge in [0.2, 0.25) is 0 Å². The molecule has 1 heteroatoms. The standard InChI is InChI=1S/C16H33P/c1-3-5-6-7-8-12-15-17(4-2)16-13-10-9-11-14-16/h16H,3-15H2,1-2H3. The maximum atomic E-state index is 2.44. The first-order chi connectivity index (χ1) is 8.38. The molecule has 1 fully saturated rings. The van der Waals surface area contributed by atoms with Gasteiger partial charge < -0.3 is 0 Å². The zero-order valence-electron chi connectivity index (χ0n) is 12.2. The molecule has 0 saturated heterocycles. The van der Waals surface area contributed by atoms with Crippen molar-refractivity contribution in [3.63, 3.8) is 0 Å². The van der Waals surface area contributed by atoms with Crippen molar-refractivity contribution in [1.82, 2.24) is 0 Å². The predicted octanol–water partition coefficient (Wildman–Crippen LogP) is 6.18. The Balaban J connectivity index is 2.05. The van der Waals surface area contributed by atoms with Gasteiger partial charge in [0.25, 0.3) is 0 Å². The Morgan fingerprint density at radius 2 is 1.47 bits per heavy atom. The average molecular weight is 256 g/mol. The summed E-state index contributed by atoms with van der Waals surface area (Å²) in [5.41, 5.74) is 1.15. The van der Waals surface area contributed by atoms with E-state index < -0.39 is 0 Å². The van der Waals surface area contributed by atoms with E-state index in [1.165, 1.54) is 63.9 Å². The van der Waals surface area contributed by atoms with Crippen LogP contribution in [0.5, 0.6) is 0 Å². The van der Waals surface area contributed by atoms with E-state index in [0.717, 1.165) is 5.66 Å². The molecular formula is C16H33P. The first kappa shape index (κ1) is 15.5. The van der Waals surface area contributed by atoms with Gasteiger partial charge in [-0.2, -0.15) is 0 Å². The summed E-state index contributed by atoms with van der Waals surface area (Å²) >= 11 is 0. The summed E-state index contributed by atoms with van der Waals surface area (Å²) in [4.78, 5) is 0. The van der Waals surface area contributed by atoms with Gasteiger partial charge in [-0.1, -0.05) is 65.2 Å². The van der Waals surface area contributed by atoms with Crippen LogP contribution in [0, 0.1) is 0 Å². The number of hydrogen-bond acceptors (Lipinski definition) is 0. The fourth-order valence-corrected chi connectivity index (χ4v) is 6.06. The Bertz CT molecular complexity index is 161. The predicted molar refractivity (Wildman–Crippen MR) is 82.6 cm³/mol. The zero-order valence-corrected chi connectivity index (χ0v) is 13.1. The van der Waals surface area contributed by atoms with E-state index >= 15 is 0 Å².